The molecule has 2 aromatic rings. The van der Waals surface area contributed by atoms with E-state index in [0.29, 0.717) is 6.54 Å². The third-order valence-electron chi connectivity index (χ3n) is 3.35. The van der Waals surface area contributed by atoms with Crippen LogP contribution in [-0.4, -0.2) is 16.9 Å². The highest BCUT2D eigenvalue weighted by molar-refractivity contribution is 5.67. The van der Waals surface area contributed by atoms with E-state index in [2.05, 4.69) is 31.1 Å². The monoisotopic (exact) mass is 259 g/mol. The van der Waals surface area contributed by atoms with Gasteiger partial charge in [-0.15, -0.1) is 0 Å². The maximum atomic E-state index is 5.76. The zero-order valence-corrected chi connectivity index (χ0v) is 11.8. The van der Waals surface area contributed by atoms with Crippen LogP contribution >= 0.6 is 0 Å². The van der Waals surface area contributed by atoms with Crippen LogP contribution in [0.4, 0.5) is 0 Å². The van der Waals surface area contributed by atoms with Gasteiger partial charge < -0.3 is 10.5 Å². The zero-order valence-electron chi connectivity index (χ0n) is 11.8. The highest BCUT2D eigenvalue weighted by Crippen LogP contribution is 2.28. The fourth-order valence-electron chi connectivity index (χ4n) is 2.27. The lowest BCUT2D eigenvalue weighted by molar-refractivity contribution is 0.410. The molecule has 0 bridgehead atoms. The van der Waals surface area contributed by atoms with Gasteiger partial charge in [0.1, 0.15) is 5.75 Å². The second-order valence-electron chi connectivity index (χ2n) is 4.60. The Morgan fingerprint density at radius 2 is 2.16 bits per heavy atom. The Bertz CT molecular complexity index is 561. The number of ether oxygens (including phenoxy) is 1. The molecule has 0 saturated heterocycles. The summed E-state index contributed by atoms with van der Waals surface area (Å²) in [6.07, 6.45) is 3.01. The van der Waals surface area contributed by atoms with Crippen molar-refractivity contribution in [1.29, 1.82) is 0 Å². The van der Waals surface area contributed by atoms with Gasteiger partial charge in [-0.25, -0.2) is 0 Å². The molecule has 0 atom stereocenters. The Kier molecular flexibility index (Phi) is 4.22. The molecule has 4 nitrogen and oxygen atoms in total. The summed E-state index contributed by atoms with van der Waals surface area (Å²) in [6.45, 7) is 5.68. The van der Waals surface area contributed by atoms with E-state index in [0.717, 1.165) is 35.4 Å². The number of hydrogen-bond donors (Lipinski definition) is 1. The Morgan fingerprint density at radius 1 is 1.37 bits per heavy atom. The van der Waals surface area contributed by atoms with Crippen LogP contribution in [0.25, 0.3) is 11.1 Å². The van der Waals surface area contributed by atoms with Gasteiger partial charge in [0.25, 0.3) is 0 Å². The molecule has 0 aliphatic rings. The standard InChI is InChI=1S/C15H21N3O/c1-4-7-18-11(2)14(10-17-18)12-5-6-15(19-3)13(8-12)9-16/h5-6,8,10H,4,7,9,16H2,1-3H3. The summed E-state index contributed by atoms with van der Waals surface area (Å²) in [7, 11) is 1.67. The van der Waals surface area contributed by atoms with E-state index in [-0.39, 0.29) is 0 Å². The summed E-state index contributed by atoms with van der Waals surface area (Å²) < 4.78 is 7.34. The number of aromatic nitrogens is 2. The van der Waals surface area contributed by atoms with Gasteiger partial charge in [0, 0.05) is 29.9 Å². The van der Waals surface area contributed by atoms with Crippen molar-refractivity contribution >= 4 is 0 Å². The fraction of sp³-hybridized carbons (Fsp3) is 0.400. The second kappa shape index (κ2) is 5.89. The molecule has 0 aliphatic heterocycles. The Hall–Kier alpha value is -1.81. The topological polar surface area (TPSA) is 53.1 Å². The lowest BCUT2D eigenvalue weighted by atomic mass is 10.0. The number of rotatable bonds is 5. The molecule has 2 N–H and O–H groups in total. The van der Waals surface area contributed by atoms with Crippen LogP contribution in [0.1, 0.15) is 24.6 Å². The zero-order chi connectivity index (χ0) is 13.8. The van der Waals surface area contributed by atoms with Crippen LogP contribution in [0.15, 0.2) is 24.4 Å². The van der Waals surface area contributed by atoms with E-state index >= 15 is 0 Å². The van der Waals surface area contributed by atoms with Gasteiger partial charge in [0.2, 0.25) is 0 Å². The highest BCUT2D eigenvalue weighted by Gasteiger charge is 2.10. The van der Waals surface area contributed by atoms with Crippen molar-refractivity contribution in [3.63, 3.8) is 0 Å². The molecule has 0 aliphatic carbocycles. The van der Waals surface area contributed by atoms with Gasteiger partial charge in [0.05, 0.1) is 13.3 Å². The molecule has 2 rings (SSSR count). The number of hydrogen-bond acceptors (Lipinski definition) is 3. The summed E-state index contributed by atoms with van der Waals surface area (Å²) in [4.78, 5) is 0. The van der Waals surface area contributed by atoms with Crippen LogP contribution in [0, 0.1) is 6.92 Å². The molecule has 1 aromatic carbocycles. The molecule has 4 heteroatoms. The van der Waals surface area contributed by atoms with Gasteiger partial charge in [-0.1, -0.05) is 13.0 Å². The van der Waals surface area contributed by atoms with E-state index in [4.69, 9.17) is 10.5 Å². The molecule has 1 aromatic heterocycles. The van der Waals surface area contributed by atoms with Crippen LogP contribution in [0.2, 0.25) is 0 Å². The Balaban J connectivity index is 2.41. The molecule has 1 heterocycles. The molecular formula is C15H21N3O. The third kappa shape index (κ3) is 2.63. The normalized spacial score (nSPS) is 10.7. The van der Waals surface area contributed by atoms with Crippen molar-refractivity contribution in [1.82, 2.24) is 9.78 Å². The largest absolute Gasteiger partial charge is 0.496 e. The predicted molar refractivity (Wildman–Crippen MR) is 77.1 cm³/mol. The molecule has 0 spiro atoms. The van der Waals surface area contributed by atoms with Crippen LogP contribution in [0.5, 0.6) is 5.75 Å². The van der Waals surface area contributed by atoms with E-state index in [1.54, 1.807) is 7.11 Å². The highest BCUT2D eigenvalue weighted by atomic mass is 16.5. The van der Waals surface area contributed by atoms with Crippen LogP contribution in [-0.2, 0) is 13.1 Å². The summed E-state index contributed by atoms with van der Waals surface area (Å²) in [5, 5.41) is 4.43. The molecule has 0 unspecified atom stereocenters. The second-order valence-corrected chi connectivity index (χ2v) is 4.60. The lowest BCUT2D eigenvalue weighted by Crippen LogP contribution is -2.01. The van der Waals surface area contributed by atoms with Crippen molar-refractivity contribution in [3.8, 4) is 16.9 Å². The van der Waals surface area contributed by atoms with E-state index in [1.165, 1.54) is 5.69 Å². The summed E-state index contributed by atoms with van der Waals surface area (Å²) >= 11 is 0. The summed E-state index contributed by atoms with van der Waals surface area (Å²) in [5.74, 6) is 0.838. The maximum absolute atomic E-state index is 5.76. The molecule has 0 radical (unpaired) electrons. The number of methoxy groups -OCH3 is 1. The molecule has 19 heavy (non-hydrogen) atoms. The minimum Gasteiger partial charge on any atom is -0.496 e. The van der Waals surface area contributed by atoms with Crippen molar-refractivity contribution in [2.24, 2.45) is 5.73 Å². The summed E-state index contributed by atoms with van der Waals surface area (Å²) in [6, 6.07) is 6.10. The van der Waals surface area contributed by atoms with Gasteiger partial charge in [0.15, 0.2) is 0 Å². The van der Waals surface area contributed by atoms with Crippen molar-refractivity contribution in [3.05, 3.63) is 35.7 Å². The number of benzene rings is 1. The van der Waals surface area contributed by atoms with Crippen LogP contribution < -0.4 is 10.5 Å². The first-order chi connectivity index (χ1) is 9.21. The van der Waals surface area contributed by atoms with Crippen molar-refractivity contribution < 1.29 is 4.74 Å². The maximum Gasteiger partial charge on any atom is 0.123 e. The van der Waals surface area contributed by atoms with Gasteiger partial charge in [-0.2, -0.15) is 5.10 Å². The minimum absolute atomic E-state index is 0.471. The minimum atomic E-state index is 0.471. The number of aryl methyl sites for hydroxylation is 1. The SMILES string of the molecule is CCCn1ncc(-c2ccc(OC)c(CN)c2)c1C. The van der Waals surface area contributed by atoms with Crippen molar-refractivity contribution in [2.45, 2.75) is 33.4 Å². The first-order valence-corrected chi connectivity index (χ1v) is 6.61. The Labute approximate surface area is 114 Å². The molecule has 0 amide bonds. The first kappa shape index (κ1) is 13.6. The predicted octanol–water partition coefficient (Wildman–Crippen LogP) is 2.74. The average molecular weight is 259 g/mol. The fourth-order valence-corrected chi connectivity index (χ4v) is 2.27. The number of nitrogens with zero attached hydrogens (tertiary/aromatic N) is 2. The molecule has 0 saturated carbocycles. The molecule has 0 fully saturated rings. The molecular weight excluding hydrogens is 238 g/mol. The van der Waals surface area contributed by atoms with Gasteiger partial charge >= 0.3 is 0 Å². The lowest BCUT2D eigenvalue weighted by Gasteiger charge is -2.09. The van der Waals surface area contributed by atoms with E-state index < -0.39 is 0 Å². The Morgan fingerprint density at radius 3 is 2.79 bits per heavy atom. The third-order valence-corrected chi connectivity index (χ3v) is 3.35. The first-order valence-electron chi connectivity index (χ1n) is 6.61. The quantitative estimate of drug-likeness (QED) is 0.898. The van der Waals surface area contributed by atoms with E-state index in [9.17, 15) is 0 Å². The van der Waals surface area contributed by atoms with E-state index in [1.807, 2.05) is 16.9 Å². The summed E-state index contributed by atoms with van der Waals surface area (Å²) in [5.41, 5.74) is 10.3. The molecule has 102 valence electrons. The van der Waals surface area contributed by atoms with Gasteiger partial charge in [-0.05, 0) is 31.0 Å². The number of nitrogens with two attached hydrogens (primary N) is 1. The van der Waals surface area contributed by atoms with Crippen LogP contribution in [0.3, 0.4) is 0 Å². The smallest absolute Gasteiger partial charge is 0.123 e. The van der Waals surface area contributed by atoms with Crippen molar-refractivity contribution in [2.75, 3.05) is 7.11 Å². The van der Waals surface area contributed by atoms with Gasteiger partial charge in [-0.3, -0.25) is 4.68 Å². The average Bonchev–Trinajstić information content (AvgIpc) is 2.80.